The number of nitrogens with one attached hydrogen (secondary N) is 1. The standard InChI is InChI=1S/C15H32N2O2S/c1-4-9-16-14(3)15-8-6-7-10-17(15)11-13-20(18,19)12-5-2/h14-16H,4-13H2,1-3H3. The van der Waals surface area contributed by atoms with Crippen LogP contribution in [0.3, 0.4) is 0 Å². The number of nitrogens with zero attached hydrogens (tertiary/aromatic N) is 1. The summed E-state index contributed by atoms with van der Waals surface area (Å²) in [6.07, 6.45) is 5.51. The van der Waals surface area contributed by atoms with E-state index in [-0.39, 0.29) is 0 Å². The lowest BCUT2D eigenvalue weighted by molar-refractivity contribution is 0.127. The molecule has 0 aromatic heterocycles. The maximum Gasteiger partial charge on any atom is 0.151 e. The lowest BCUT2D eigenvalue weighted by Crippen LogP contribution is -2.52. The molecule has 0 aromatic carbocycles. The van der Waals surface area contributed by atoms with Gasteiger partial charge < -0.3 is 5.32 Å². The van der Waals surface area contributed by atoms with Crippen LogP contribution < -0.4 is 5.32 Å². The molecule has 1 fully saturated rings. The van der Waals surface area contributed by atoms with Crippen molar-refractivity contribution < 1.29 is 8.42 Å². The van der Waals surface area contributed by atoms with Crippen molar-refractivity contribution in [1.29, 1.82) is 0 Å². The number of hydrogen-bond acceptors (Lipinski definition) is 4. The predicted molar refractivity (Wildman–Crippen MR) is 85.9 cm³/mol. The molecule has 0 amide bonds. The summed E-state index contributed by atoms with van der Waals surface area (Å²) in [5.41, 5.74) is 0. The average Bonchev–Trinajstić information content (AvgIpc) is 2.43. The second-order valence-electron chi connectivity index (χ2n) is 5.99. The second kappa shape index (κ2) is 9.00. The van der Waals surface area contributed by atoms with Gasteiger partial charge in [0.05, 0.1) is 5.75 Å². The van der Waals surface area contributed by atoms with Crippen LogP contribution in [-0.4, -0.2) is 56.5 Å². The normalized spacial score (nSPS) is 22.9. The molecular weight excluding hydrogens is 272 g/mol. The Labute approximate surface area is 125 Å². The Balaban J connectivity index is 2.51. The Morgan fingerprint density at radius 2 is 1.95 bits per heavy atom. The third kappa shape index (κ3) is 6.10. The van der Waals surface area contributed by atoms with Crippen molar-refractivity contribution in [2.24, 2.45) is 0 Å². The molecule has 120 valence electrons. The topological polar surface area (TPSA) is 49.4 Å². The summed E-state index contributed by atoms with van der Waals surface area (Å²) in [4.78, 5) is 2.39. The molecule has 20 heavy (non-hydrogen) atoms. The van der Waals surface area contributed by atoms with Crippen LogP contribution in [0.1, 0.15) is 52.9 Å². The van der Waals surface area contributed by atoms with Crippen molar-refractivity contribution in [3.8, 4) is 0 Å². The van der Waals surface area contributed by atoms with Gasteiger partial charge in [-0.2, -0.15) is 0 Å². The van der Waals surface area contributed by atoms with Crippen LogP contribution in [0.15, 0.2) is 0 Å². The van der Waals surface area contributed by atoms with E-state index in [1.807, 2.05) is 6.92 Å². The van der Waals surface area contributed by atoms with E-state index in [4.69, 9.17) is 0 Å². The molecule has 0 spiro atoms. The zero-order valence-electron chi connectivity index (χ0n) is 13.4. The molecule has 2 atom stereocenters. The highest BCUT2D eigenvalue weighted by Gasteiger charge is 2.27. The first kappa shape index (κ1) is 17.9. The van der Waals surface area contributed by atoms with E-state index < -0.39 is 9.84 Å². The fraction of sp³-hybridized carbons (Fsp3) is 1.00. The number of hydrogen-bond donors (Lipinski definition) is 1. The third-order valence-corrected chi connectivity index (χ3v) is 6.00. The molecule has 4 nitrogen and oxygen atoms in total. The SMILES string of the molecule is CCCNC(C)C1CCCCN1CCS(=O)(=O)CCC. The summed E-state index contributed by atoms with van der Waals surface area (Å²) in [6, 6.07) is 0.941. The second-order valence-corrected chi connectivity index (χ2v) is 8.30. The van der Waals surface area contributed by atoms with Gasteiger partial charge in [-0.1, -0.05) is 20.3 Å². The molecule has 0 aliphatic carbocycles. The first-order valence-electron chi connectivity index (χ1n) is 8.18. The van der Waals surface area contributed by atoms with Crippen LogP contribution in [0, 0.1) is 0 Å². The van der Waals surface area contributed by atoms with Gasteiger partial charge in [-0.05, 0) is 45.7 Å². The van der Waals surface area contributed by atoms with Crippen LogP contribution in [0.2, 0.25) is 0 Å². The molecule has 1 N–H and O–H groups in total. The van der Waals surface area contributed by atoms with Gasteiger partial charge in [-0.3, -0.25) is 4.90 Å². The fourth-order valence-electron chi connectivity index (χ4n) is 3.04. The van der Waals surface area contributed by atoms with E-state index in [1.54, 1.807) is 0 Å². The van der Waals surface area contributed by atoms with Gasteiger partial charge in [-0.15, -0.1) is 0 Å². The predicted octanol–water partition coefficient (Wildman–Crippen LogP) is 2.05. The summed E-state index contributed by atoms with van der Waals surface area (Å²) in [6.45, 7) is 9.13. The van der Waals surface area contributed by atoms with E-state index in [0.29, 0.717) is 30.1 Å². The van der Waals surface area contributed by atoms with Crippen molar-refractivity contribution >= 4 is 9.84 Å². The molecule has 0 saturated carbocycles. The Kier molecular flexibility index (Phi) is 8.07. The highest BCUT2D eigenvalue weighted by atomic mass is 32.2. The van der Waals surface area contributed by atoms with Crippen LogP contribution in [-0.2, 0) is 9.84 Å². The molecule has 5 heteroatoms. The summed E-state index contributed by atoms with van der Waals surface area (Å²) >= 11 is 0. The minimum absolute atomic E-state index is 0.317. The monoisotopic (exact) mass is 304 g/mol. The first-order valence-corrected chi connectivity index (χ1v) is 10.00. The van der Waals surface area contributed by atoms with Crippen LogP contribution in [0.5, 0.6) is 0 Å². The van der Waals surface area contributed by atoms with Crippen LogP contribution in [0.4, 0.5) is 0 Å². The van der Waals surface area contributed by atoms with E-state index >= 15 is 0 Å². The number of piperidine rings is 1. The summed E-state index contributed by atoms with van der Waals surface area (Å²) in [7, 11) is -2.86. The van der Waals surface area contributed by atoms with E-state index in [9.17, 15) is 8.42 Å². The molecule has 1 heterocycles. The maximum atomic E-state index is 11.9. The molecule has 1 saturated heterocycles. The van der Waals surface area contributed by atoms with Gasteiger partial charge in [0.25, 0.3) is 0 Å². The van der Waals surface area contributed by atoms with Gasteiger partial charge in [0.1, 0.15) is 0 Å². The fourth-order valence-corrected chi connectivity index (χ4v) is 4.38. The van der Waals surface area contributed by atoms with Crippen molar-refractivity contribution in [3.05, 3.63) is 0 Å². The van der Waals surface area contributed by atoms with E-state index in [2.05, 4.69) is 24.1 Å². The van der Waals surface area contributed by atoms with Crippen LogP contribution in [0.25, 0.3) is 0 Å². The van der Waals surface area contributed by atoms with Gasteiger partial charge in [0.15, 0.2) is 9.84 Å². The molecular formula is C15H32N2O2S. The molecule has 2 unspecified atom stereocenters. The number of sulfone groups is 1. The largest absolute Gasteiger partial charge is 0.313 e. The Hall–Kier alpha value is -0.130. The van der Waals surface area contributed by atoms with Gasteiger partial charge in [-0.25, -0.2) is 8.42 Å². The van der Waals surface area contributed by atoms with Gasteiger partial charge in [0.2, 0.25) is 0 Å². The minimum atomic E-state index is -2.86. The summed E-state index contributed by atoms with van der Waals surface area (Å²) in [5, 5.41) is 3.56. The minimum Gasteiger partial charge on any atom is -0.313 e. The molecule has 1 aliphatic heterocycles. The van der Waals surface area contributed by atoms with Gasteiger partial charge >= 0.3 is 0 Å². The molecule has 1 aliphatic rings. The van der Waals surface area contributed by atoms with E-state index in [0.717, 1.165) is 25.9 Å². The zero-order valence-corrected chi connectivity index (χ0v) is 14.2. The Morgan fingerprint density at radius 3 is 2.60 bits per heavy atom. The summed E-state index contributed by atoms with van der Waals surface area (Å²) < 4.78 is 23.8. The highest BCUT2D eigenvalue weighted by molar-refractivity contribution is 7.91. The lowest BCUT2D eigenvalue weighted by atomic mass is 9.96. The molecule has 0 bridgehead atoms. The maximum absolute atomic E-state index is 11.9. The zero-order chi connectivity index (χ0) is 15.0. The number of rotatable bonds is 9. The lowest BCUT2D eigenvalue weighted by Gasteiger charge is -2.39. The van der Waals surface area contributed by atoms with Crippen molar-refractivity contribution in [3.63, 3.8) is 0 Å². The molecule has 0 radical (unpaired) electrons. The highest BCUT2D eigenvalue weighted by Crippen LogP contribution is 2.19. The van der Waals surface area contributed by atoms with Crippen molar-refractivity contribution in [1.82, 2.24) is 10.2 Å². The van der Waals surface area contributed by atoms with Crippen LogP contribution >= 0.6 is 0 Å². The molecule has 0 aromatic rings. The first-order chi connectivity index (χ1) is 9.50. The van der Waals surface area contributed by atoms with Gasteiger partial charge in [0, 0.05) is 24.4 Å². The molecule has 1 rings (SSSR count). The smallest absolute Gasteiger partial charge is 0.151 e. The number of likely N-dealkylation sites (tertiary alicyclic amines) is 1. The quantitative estimate of drug-likeness (QED) is 0.708. The third-order valence-electron chi connectivity index (χ3n) is 4.16. The Bertz CT molecular complexity index is 357. The van der Waals surface area contributed by atoms with Crippen molar-refractivity contribution in [2.45, 2.75) is 65.0 Å². The summed E-state index contributed by atoms with van der Waals surface area (Å²) in [5.74, 6) is 0.646. The Morgan fingerprint density at radius 1 is 1.20 bits per heavy atom. The van der Waals surface area contributed by atoms with Crippen molar-refractivity contribution in [2.75, 3.05) is 31.1 Å². The average molecular weight is 305 g/mol. The van der Waals surface area contributed by atoms with E-state index in [1.165, 1.54) is 19.3 Å².